The fourth-order valence-electron chi connectivity index (χ4n) is 2.47. The third-order valence-corrected chi connectivity index (χ3v) is 4.41. The Bertz CT molecular complexity index is 629. The smallest absolute Gasteiger partial charge is 0.263 e. The Balaban J connectivity index is 0.00000176. The zero-order valence-electron chi connectivity index (χ0n) is 12.2. The van der Waals surface area contributed by atoms with Crippen LogP contribution in [0.15, 0.2) is 34.4 Å². The minimum absolute atomic E-state index is 0. The Hall–Kier alpha value is -1.54. The molecular formula is C14H18BrN5OS. The molecular weight excluding hydrogens is 366 g/mol. The van der Waals surface area contributed by atoms with Crippen molar-refractivity contribution in [1.82, 2.24) is 10.3 Å². The van der Waals surface area contributed by atoms with Crippen molar-refractivity contribution in [2.24, 2.45) is 15.8 Å². The van der Waals surface area contributed by atoms with Gasteiger partial charge >= 0.3 is 0 Å². The molecule has 1 saturated heterocycles. The summed E-state index contributed by atoms with van der Waals surface area (Å²) in [5, 5.41) is 4.24. The van der Waals surface area contributed by atoms with Crippen molar-refractivity contribution in [3.63, 3.8) is 0 Å². The van der Waals surface area contributed by atoms with E-state index < -0.39 is 0 Å². The molecule has 1 aromatic carbocycles. The first-order valence-electron chi connectivity index (χ1n) is 6.78. The first-order valence-corrected chi connectivity index (χ1v) is 7.94. The van der Waals surface area contributed by atoms with E-state index in [1.54, 1.807) is 18.7 Å². The van der Waals surface area contributed by atoms with Gasteiger partial charge < -0.3 is 10.6 Å². The number of hydrazone groups is 1. The summed E-state index contributed by atoms with van der Waals surface area (Å²) in [5.74, 6) is 3.08. The van der Waals surface area contributed by atoms with Gasteiger partial charge in [0, 0.05) is 23.6 Å². The molecule has 1 unspecified atom stereocenters. The van der Waals surface area contributed by atoms with Crippen LogP contribution in [0.3, 0.4) is 0 Å². The highest BCUT2D eigenvalue weighted by Crippen LogP contribution is 2.23. The number of carbonyl (C=O) groups is 1. The van der Waals surface area contributed by atoms with Crippen LogP contribution in [0.25, 0.3) is 0 Å². The summed E-state index contributed by atoms with van der Waals surface area (Å²) < 4.78 is 0. The zero-order chi connectivity index (χ0) is 14.8. The van der Waals surface area contributed by atoms with Gasteiger partial charge in [0.15, 0.2) is 5.84 Å². The molecule has 1 aromatic rings. The molecule has 0 spiro atoms. The van der Waals surface area contributed by atoms with Crippen molar-refractivity contribution >= 4 is 52.0 Å². The number of benzene rings is 1. The van der Waals surface area contributed by atoms with Gasteiger partial charge in [-0.2, -0.15) is 16.9 Å². The van der Waals surface area contributed by atoms with Gasteiger partial charge in [-0.3, -0.25) is 4.79 Å². The van der Waals surface area contributed by atoms with E-state index in [9.17, 15) is 4.79 Å². The Morgan fingerprint density at radius 3 is 3.14 bits per heavy atom. The molecule has 22 heavy (non-hydrogen) atoms. The average molecular weight is 384 g/mol. The van der Waals surface area contributed by atoms with Gasteiger partial charge in [0.1, 0.15) is 6.04 Å². The van der Waals surface area contributed by atoms with Crippen LogP contribution >= 0.6 is 28.7 Å². The van der Waals surface area contributed by atoms with E-state index in [-0.39, 0.29) is 28.9 Å². The lowest BCUT2D eigenvalue weighted by molar-refractivity contribution is -0.125. The van der Waals surface area contributed by atoms with Crippen molar-refractivity contribution in [3.05, 3.63) is 29.8 Å². The van der Waals surface area contributed by atoms with Crippen LogP contribution in [0.1, 0.15) is 12.5 Å². The number of rotatable bonds is 2. The third-order valence-electron chi connectivity index (χ3n) is 3.38. The van der Waals surface area contributed by atoms with E-state index in [4.69, 9.17) is 5.73 Å². The van der Waals surface area contributed by atoms with E-state index in [0.29, 0.717) is 5.84 Å². The molecule has 118 valence electrons. The summed E-state index contributed by atoms with van der Waals surface area (Å²) in [6, 6.07) is 7.58. The molecule has 2 heterocycles. The van der Waals surface area contributed by atoms with Crippen LogP contribution in [0, 0.1) is 0 Å². The fraction of sp³-hybridized carbons (Fsp3) is 0.357. The van der Waals surface area contributed by atoms with Gasteiger partial charge in [-0.05, 0) is 19.1 Å². The molecule has 3 rings (SSSR count). The molecule has 0 aromatic heterocycles. The van der Waals surface area contributed by atoms with Crippen molar-refractivity contribution in [2.75, 3.05) is 18.1 Å². The fourth-order valence-corrected chi connectivity index (χ4v) is 3.52. The minimum atomic E-state index is -0.139. The van der Waals surface area contributed by atoms with Gasteiger partial charge in [-0.1, -0.05) is 12.1 Å². The third kappa shape index (κ3) is 3.44. The van der Waals surface area contributed by atoms with Gasteiger partial charge in [-0.25, -0.2) is 10.4 Å². The first-order chi connectivity index (χ1) is 10.1. The number of amidine groups is 2. The van der Waals surface area contributed by atoms with Crippen LogP contribution < -0.4 is 11.2 Å². The van der Waals surface area contributed by atoms with Crippen LogP contribution in [-0.4, -0.2) is 46.6 Å². The van der Waals surface area contributed by atoms with Crippen molar-refractivity contribution < 1.29 is 4.79 Å². The van der Waals surface area contributed by atoms with E-state index in [1.807, 2.05) is 24.3 Å². The Kier molecular flexibility index (Phi) is 5.47. The predicted molar refractivity (Wildman–Crippen MR) is 96.2 cm³/mol. The number of nitrogens with one attached hydrogen (secondary N) is 1. The average Bonchev–Trinajstić information content (AvgIpc) is 2.47. The number of hydrogen-bond donors (Lipinski definition) is 2. The molecule has 8 heteroatoms. The lowest BCUT2D eigenvalue weighted by Gasteiger charge is -2.38. The Morgan fingerprint density at radius 2 is 2.36 bits per heavy atom. The number of carbonyl (C=O) groups excluding carboxylic acids is 1. The van der Waals surface area contributed by atoms with E-state index in [0.717, 1.165) is 35.1 Å². The standard InChI is InChI=1S/C14H17N5OS.BrH/c1-9(15)16-11-4-2-3-10(7-11)13-17-18-14(20)12-8-21-6-5-19(12)13;/h2-4,7,12H,5-6,8H2,1H3,(H2,15,16)(H,18,20);1H. The number of amides is 1. The Morgan fingerprint density at radius 1 is 1.55 bits per heavy atom. The van der Waals surface area contributed by atoms with Crippen LogP contribution in [0.2, 0.25) is 0 Å². The molecule has 6 nitrogen and oxygen atoms in total. The van der Waals surface area contributed by atoms with E-state index in [2.05, 4.69) is 20.4 Å². The largest absolute Gasteiger partial charge is 0.387 e. The summed E-state index contributed by atoms with van der Waals surface area (Å²) in [4.78, 5) is 18.2. The number of aliphatic imine (C=N–C) groups is 1. The maximum Gasteiger partial charge on any atom is 0.263 e. The van der Waals surface area contributed by atoms with Gasteiger partial charge in [-0.15, -0.1) is 17.0 Å². The second kappa shape index (κ2) is 7.15. The number of hydrogen-bond acceptors (Lipinski definition) is 5. The normalized spacial score (nSPS) is 21.4. The quantitative estimate of drug-likeness (QED) is 0.598. The second-order valence-corrected chi connectivity index (χ2v) is 6.15. The number of thioether (sulfide) groups is 1. The monoisotopic (exact) mass is 383 g/mol. The summed E-state index contributed by atoms with van der Waals surface area (Å²) in [6.45, 7) is 2.58. The summed E-state index contributed by atoms with van der Waals surface area (Å²) in [6.07, 6.45) is 0. The molecule has 0 aliphatic carbocycles. The molecule has 2 aliphatic heterocycles. The van der Waals surface area contributed by atoms with Gasteiger partial charge in [0.05, 0.1) is 11.5 Å². The molecule has 0 radical (unpaired) electrons. The highest BCUT2D eigenvalue weighted by atomic mass is 79.9. The van der Waals surface area contributed by atoms with Crippen molar-refractivity contribution in [1.29, 1.82) is 0 Å². The molecule has 1 amide bonds. The second-order valence-electron chi connectivity index (χ2n) is 5.00. The SMILES string of the molecule is Br.CC(N)=Nc1cccc(C2=NNC(=O)C3CSCCN23)c1. The lowest BCUT2D eigenvalue weighted by Crippen LogP contribution is -2.57. The maximum absolute atomic E-state index is 11.9. The highest BCUT2D eigenvalue weighted by Gasteiger charge is 2.35. The molecule has 1 atom stereocenters. The molecule has 0 saturated carbocycles. The van der Waals surface area contributed by atoms with E-state index >= 15 is 0 Å². The lowest BCUT2D eigenvalue weighted by atomic mass is 10.1. The van der Waals surface area contributed by atoms with Crippen molar-refractivity contribution in [2.45, 2.75) is 13.0 Å². The molecule has 2 aliphatic rings. The molecule has 0 bridgehead atoms. The first kappa shape index (κ1) is 16.8. The number of nitrogens with zero attached hydrogens (tertiary/aromatic N) is 3. The highest BCUT2D eigenvalue weighted by molar-refractivity contribution is 8.93. The zero-order valence-corrected chi connectivity index (χ0v) is 14.7. The predicted octanol–water partition coefficient (Wildman–Crippen LogP) is 1.48. The van der Waals surface area contributed by atoms with Crippen LogP contribution in [-0.2, 0) is 4.79 Å². The minimum Gasteiger partial charge on any atom is -0.387 e. The summed E-state index contributed by atoms with van der Waals surface area (Å²) in [5.41, 5.74) is 9.98. The summed E-state index contributed by atoms with van der Waals surface area (Å²) in [7, 11) is 0. The topological polar surface area (TPSA) is 83.1 Å². The van der Waals surface area contributed by atoms with Gasteiger partial charge in [0.25, 0.3) is 5.91 Å². The molecule has 3 N–H and O–H groups in total. The number of halogens is 1. The van der Waals surface area contributed by atoms with E-state index in [1.165, 1.54) is 0 Å². The number of fused-ring (bicyclic) bond motifs is 1. The maximum atomic E-state index is 11.9. The molecule has 1 fully saturated rings. The van der Waals surface area contributed by atoms with Gasteiger partial charge in [0.2, 0.25) is 0 Å². The van der Waals surface area contributed by atoms with Crippen molar-refractivity contribution in [3.8, 4) is 0 Å². The van der Waals surface area contributed by atoms with Crippen LogP contribution in [0.5, 0.6) is 0 Å². The van der Waals surface area contributed by atoms with Crippen LogP contribution in [0.4, 0.5) is 5.69 Å². The summed E-state index contributed by atoms with van der Waals surface area (Å²) >= 11 is 1.80. The Labute approximate surface area is 144 Å². The number of nitrogens with two attached hydrogens (primary N) is 1.